The van der Waals surface area contributed by atoms with Crippen LogP contribution in [0.3, 0.4) is 0 Å². The van der Waals surface area contributed by atoms with Gasteiger partial charge in [0, 0.05) is 11.1 Å². The standard InChI is InChI=1S/C25H22ClN3OS/c1-16-5-4-6-18(13-16)27-14-17-9-11-19(12-10-17)30-15-22-28-24(26)23-20-7-2-3-8-21(20)31-25(23)29-22/h4-6,9-14H,2-3,7-8,15H2,1H3. The summed E-state index contributed by atoms with van der Waals surface area (Å²) in [6.07, 6.45) is 6.51. The summed E-state index contributed by atoms with van der Waals surface area (Å²) in [6, 6.07) is 16.0. The number of halogens is 1. The molecule has 1 aliphatic carbocycles. The summed E-state index contributed by atoms with van der Waals surface area (Å²) in [5.41, 5.74) is 4.51. The average Bonchev–Trinajstić information content (AvgIpc) is 3.16. The molecule has 0 fully saturated rings. The molecular weight excluding hydrogens is 426 g/mol. The third kappa shape index (κ3) is 4.48. The molecule has 2 aromatic carbocycles. The first-order chi connectivity index (χ1) is 15.2. The van der Waals surface area contributed by atoms with E-state index >= 15 is 0 Å². The minimum Gasteiger partial charge on any atom is -0.486 e. The molecule has 0 saturated carbocycles. The highest BCUT2D eigenvalue weighted by atomic mass is 35.5. The molecule has 4 aromatic rings. The molecule has 0 N–H and O–H groups in total. The first kappa shape index (κ1) is 20.2. The van der Waals surface area contributed by atoms with E-state index in [0.29, 0.717) is 11.0 Å². The van der Waals surface area contributed by atoms with E-state index in [1.807, 2.05) is 42.6 Å². The van der Waals surface area contributed by atoms with E-state index in [1.165, 1.54) is 28.8 Å². The minimum atomic E-state index is 0.287. The summed E-state index contributed by atoms with van der Waals surface area (Å²) in [6.45, 7) is 2.35. The van der Waals surface area contributed by atoms with Crippen molar-refractivity contribution < 1.29 is 4.74 Å². The van der Waals surface area contributed by atoms with Crippen molar-refractivity contribution in [3.8, 4) is 5.75 Å². The number of benzene rings is 2. The molecule has 6 heteroatoms. The number of rotatable bonds is 5. The quantitative estimate of drug-likeness (QED) is 0.248. The zero-order chi connectivity index (χ0) is 21.2. The van der Waals surface area contributed by atoms with Gasteiger partial charge in [0.2, 0.25) is 0 Å². The Labute approximate surface area is 190 Å². The summed E-state index contributed by atoms with van der Waals surface area (Å²) in [4.78, 5) is 16.1. The van der Waals surface area contributed by atoms with Gasteiger partial charge in [-0.2, -0.15) is 0 Å². The number of aromatic nitrogens is 2. The van der Waals surface area contributed by atoms with Crippen molar-refractivity contribution in [3.63, 3.8) is 0 Å². The zero-order valence-corrected chi connectivity index (χ0v) is 18.8. The highest BCUT2D eigenvalue weighted by molar-refractivity contribution is 7.19. The van der Waals surface area contributed by atoms with E-state index in [-0.39, 0.29) is 6.61 Å². The maximum Gasteiger partial charge on any atom is 0.169 e. The van der Waals surface area contributed by atoms with Crippen molar-refractivity contribution in [2.45, 2.75) is 39.2 Å². The van der Waals surface area contributed by atoms with Gasteiger partial charge in [-0.05, 0) is 85.7 Å². The van der Waals surface area contributed by atoms with Gasteiger partial charge >= 0.3 is 0 Å². The van der Waals surface area contributed by atoms with E-state index in [4.69, 9.17) is 21.3 Å². The van der Waals surface area contributed by atoms with E-state index < -0.39 is 0 Å². The van der Waals surface area contributed by atoms with Crippen molar-refractivity contribution >= 4 is 45.1 Å². The van der Waals surface area contributed by atoms with Crippen LogP contribution in [-0.2, 0) is 19.4 Å². The average molecular weight is 448 g/mol. The highest BCUT2D eigenvalue weighted by Gasteiger charge is 2.20. The van der Waals surface area contributed by atoms with Crippen molar-refractivity contribution in [3.05, 3.63) is 81.1 Å². The molecule has 0 aliphatic heterocycles. The van der Waals surface area contributed by atoms with Crippen LogP contribution in [0.5, 0.6) is 5.75 Å². The fourth-order valence-corrected chi connectivity index (χ4v) is 5.51. The van der Waals surface area contributed by atoms with Crippen LogP contribution < -0.4 is 4.74 Å². The molecule has 1 aliphatic rings. The monoisotopic (exact) mass is 447 g/mol. The van der Waals surface area contributed by atoms with Crippen LogP contribution >= 0.6 is 22.9 Å². The first-order valence-electron chi connectivity index (χ1n) is 10.5. The van der Waals surface area contributed by atoms with Gasteiger partial charge in [-0.25, -0.2) is 9.97 Å². The number of hydrogen-bond donors (Lipinski definition) is 0. The lowest BCUT2D eigenvalue weighted by Gasteiger charge is -2.10. The molecule has 0 spiro atoms. The lowest BCUT2D eigenvalue weighted by molar-refractivity contribution is 0.296. The lowest BCUT2D eigenvalue weighted by atomic mass is 9.97. The topological polar surface area (TPSA) is 47.4 Å². The maximum absolute atomic E-state index is 6.52. The second kappa shape index (κ2) is 8.77. The van der Waals surface area contributed by atoms with Crippen LogP contribution in [0.25, 0.3) is 10.2 Å². The smallest absolute Gasteiger partial charge is 0.169 e. The number of hydrogen-bond acceptors (Lipinski definition) is 5. The van der Waals surface area contributed by atoms with Crippen LogP contribution in [0.4, 0.5) is 5.69 Å². The Bertz CT molecular complexity index is 1260. The normalized spacial score (nSPS) is 13.6. The van der Waals surface area contributed by atoms with Crippen LogP contribution in [-0.4, -0.2) is 16.2 Å². The van der Waals surface area contributed by atoms with Gasteiger partial charge in [-0.3, -0.25) is 4.99 Å². The van der Waals surface area contributed by atoms with E-state index in [2.05, 4.69) is 29.0 Å². The molecule has 0 unspecified atom stereocenters. The maximum atomic E-state index is 6.52. The van der Waals surface area contributed by atoms with Crippen LogP contribution in [0, 0.1) is 6.92 Å². The first-order valence-corrected chi connectivity index (χ1v) is 11.7. The van der Waals surface area contributed by atoms with E-state index in [9.17, 15) is 0 Å². The molecule has 4 nitrogen and oxygen atoms in total. The summed E-state index contributed by atoms with van der Waals surface area (Å²) in [7, 11) is 0. The second-order valence-electron chi connectivity index (χ2n) is 7.78. The van der Waals surface area contributed by atoms with Crippen LogP contribution in [0.2, 0.25) is 5.15 Å². The number of fused-ring (bicyclic) bond motifs is 3. The van der Waals surface area contributed by atoms with Gasteiger partial charge in [0.25, 0.3) is 0 Å². The predicted molar refractivity (Wildman–Crippen MR) is 128 cm³/mol. The third-order valence-corrected chi connectivity index (χ3v) is 6.89. The molecule has 2 heterocycles. The molecule has 31 heavy (non-hydrogen) atoms. The summed E-state index contributed by atoms with van der Waals surface area (Å²) >= 11 is 8.27. The number of nitrogens with zero attached hydrogens (tertiary/aromatic N) is 3. The van der Waals surface area contributed by atoms with E-state index in [0.717, 1.165) is 40.1 Å². The molecule has 0 amide bonds. The third-order valence-electron chi connectivity index (χ3n) is 5.43. The SMILES string of the molecule is Cc1cccc(N=Cc2ccc(OCc3nc(Cl)c4c5c(sc4n3)CCCC5)cc2)c1. The Balaban J connectivity index is 1.27. The summed E-state index contributed by atoms with van der Waals surface area (Å²) in [5, 5.41) is 1.59. The molecule has 5 rings (SSSR count). The van der Waals surface area contributed by atoms with Gasteiger partial charge in [-0.1, -0.05) is 23.7 Å². The Morgan fingerprint density at radius 3 is 2.77 bits per heavy atom. The zero-order valence-electron chi connectivity index (χ0n) is 17.3. The number of aryl methyl sites for hydroxylation is 3. The van der Waals surface area contributed by atoms with Crippen LogP contribution in [0.15, 0.2) is 53.5 Å². The van der Waals surface area contributed by atoms with Gasteiger partial charge in [0.15, 0.2) is 5.82 Å². The van der Waals surface area contributed by atoms with Crippen molar-refractivity contribution in [2.24, 2.45) is 4.99 Å². The Kier molecular flexibility index (Phi) is 5.70. The number of thiophene rings is 1. The molecule has 0 saturated heterocycles. The van der Waals surface area contributed by atoms with Gasteiger partial charge in [0.05, 0.1) is 11.1 Å². The fourth-order valence-electron chi connectivity index (χ4n) is 3.87. The number of aliphatic imine (C=N–C) groups is 1. The summed E-state index contributed by atoms with van der Waals surface area (Å²) < 4.78 is 5.91. The Morgan fingerprint density at radius 2 is 1.94 bits per heavy atom. The predicted octanol–water partition coefficient (Wildman–Crippen LogP) is 6.86. The molecule has 2 aromatic heterocycles. The fraction of sp³-hybridized carbons (Fsp3) is 0.240. The van der Waals surface area contributed by atoms with Gasteiger partial charge in [-0.15, -0.1) is 11.3 Å². The molecule has 0 radical (unpaired) electrons. The van der Waals surface area contributed by atoms with Crippen LogP contribution in [0.1, 0.15) is 40.2 Å². The van der Waals surface area contributed by atoms with Crippen molar-refractivity contribution in [1.82, 2.24) is 9.97 Å². The summed E-state index contributed by atoms with van der Waals surface area (Å²) in [5.74, 6) is 1.37. The lowest BCUT2D eigenvalue weighted by Crippen LogP contribution is -2.03. The molecule has 0 atom stereocenters. The highest BCUT2D eigenvalue weighted by Crippen LogP contribution is 2.38. The molecular formula is C25H22ClN3OS. The minimum absolute atomic E-state index is 0.287. The van der Waals surface area contributed by atoms with Crippen molar-refractivity contribution in [2.75, 3.05) is 0 Å². The molecule has 156 valence electrons. The van der Waals surface area contributed by atoms with E-state index in [1.54, 1.807) is 11.3 Å². The van der Waals surface area contributed by atoms with Crippen molar-refractivity contribution in [1.29, 1.82) is 0 Å². The Hall–Kier alpha value is -2.76. The van der Waals surface area contributed by atoms with Gasteiger partial charge in [0.1, 0.15) is 22.3 Å². The second-order valence-corrected chi connectivity index (χ2v) is 9.22. The molecule has 0 bridgehead atoms. The largest absolute Gasteiger partial charge is 0.486 e. The number of ether oxygens (including phenoxy) is 1. The Morgan fingerprint density at radius 1 is 1.10 bits per heavy atom. The van der Waals surface area contributed by atoms with Gasteiger partial charge < -0.3 is 4.74 Å².